The molecule has 0 aliphatic carbocycles. The van der Waals surface area contributed by atoms with E-state index in [9.17, 15) is 9.90 Å². The number of halogens is 2. The molecule has 0 unspecified atom stereocenters. The van der Waals surface area contributed by atoms with Crippen LogP contribution in [0.5, 0.6) is 0 Å². The largest absolute Gasteiger partial charge is 0.479 e. The maximum Gasteiger partial charge on any atom is 0.337 e. The van der Waals surface area contributed by atoms with Crippen LogP contribution in [-0.2, 0) is 4.79 Å². The number of aliphatic carboxylic acids is 1. The predicted octanol–water partition coefficient (Wildman–Crippen LogP) is 2.22. The molecule has 0 fully saturated rings. The fourth-order valence-corrected chi connectivity index (χ4v) is 1.46. The van der Waals surface area contributed by atoms with Crippen LogP contribution in [0.2, 0.25) is 5.02 Å². The minimum atomic E-state index is -1.58. The molecule has 0 heterocycles. The molecule has 0 aromatic heterocycles. The lowest BCUT2D eigenvalue weighted by Gasteiger charge is -2.07. The third-order valence-electron chi connectivity index (χ3n) is 1.49. The summed E-state index contributed by atoms with van der Waals surface area (Å²) in [7, 11) is 0. The molecule has 1 atom stereocenters. The number of hydrogen-bond donors (Lipinski definition) is 2. The molecule has 1 aromatic carbocycles. The summed E-state index contributed by atoms with van der Waals surface area (Å²) in [5.74, 6) is -1.32. The first-order chi connectivity index (χ1) is 6.02. The van der Waals surface area contributed by atoms with Crippen molar-refractivity contribution >= 4 is 33.5 Å². The summed E-state index contributed by atoms with van der Waals surface area (Å²) < 4.78 is 0.673. The van der Waals surface area contributed by atoms with Gasteiger partial charge in [-0.15, -0.1) is 0 Å². The van der Waals surface area contributed by atoms with Crippen LogP contribution in [0.3, 0.4) is 0 Å². The van der Waals surface area contributed by atoms with E-state index in [1.807, 2.05) is 0 Å². The number of hydrogen-bond acceptors (Lipinski definition) is 2. The van der Waals surface area contributed by atoms with Gasteiger partial charge in [0, 0.05) is 15.1 Å². The Hall–Kier alpha value is -0.580. The van der Waals surface area contributed by atoms with E-state index < -0.39 is 12.1 Å². The van der Waals surface area contributed by atoms with Crippen LogP contribution in [0.25, 0.3) is 0 Å². The summed E-state index contributed by atoms with van der Waals surface area (Å²) in [5.41, 5.74) is 0.184. The van der Waals surface area contributed by atoms with E-state index >= 15 is 0 Å². The van der Waals surface area contributed by atoms with Gasteiger partial charge in [-0.3, -0.25) is 0 Å². The van der Waals surface area contributed by atoms with Gasteiger partial charge < -0.3 is 10.2 Å². The lowest BCUT2D eigenvalue weighted by Crippen LogP contribution is -2.10. The minimum Gasteiger partial charge on any atom is -0.479 e. The fraction of sp³-hybridized carbons (Fsp3) is 0.125. The molecule has 1 aromatic rings. The number of benzene rings is 1. The Kier molecular flexibility index (Phi) is 3.30. The standard InChI is InChI=1S/C8H6BrClO3/c9-4-1-2-6(10)5(3-4)7(11)8(12)13/h1-3,7,11H,(H,12,13)/t7-/m0/s1. The number of carboxylic acids is 1. The van der Waals surface area contributed by atoms with Gasteiger partial charge in [-0.1, -0.05) is 27.5 Å². The molecule has 0 aliphatic heterocycles. The highest BCUT2D eigenvalue weighted by Crippen LogP contribution is 2.26. The van der Waals surface area contributed by atoms with Gasteiger partial charge in [-0.05, 0) is 18.2 Å². The molecule has 0 bridgehead atoms. The van der Waals surface area contributed by atoms with Crippen LogP contribution in [0.1, 0.15) is 11.7 Å². The summed E-state index contributed by atoms with van der Waals surface area (Å²) in [5, 5.41) is 18.0. The first kappa shape index (κ1) is 10.5. The molecular formula is C8H6BrClO3. The molecule has 3 nitrogen and oxygen atoms in total. The molecule has 2 N–H and O–H groups in total. The van der Waals surface area contributed by atoms with Crippen LogP contribution in [0, 0.1) is 0 Å². The van der Waals surface area contributed by atoms with Gasteiger partial charge in [-0.2, -0.15) is 0 Å². The van der Waals surface area contributed by atoms with Crippen molar-refractivity contribution in [2.24, 2.45) is 0 Å². The summed E-state index contributed by atoms with van der Waals surface area (Å²) in [4.78, 5) is 10.4. The van der Waals surface area contributed by atoms with Gasteiger partial charge in [0.1, 0.15) is 0 Å². The Morgan fingerprint density at radius 3 is 2.69 bits per heavy atom. The van der Waals surface area contributed by atoms with Crippen molar-refractivity contribution in [2.45, 2.75) is 6.10 Å². The topological polar surface area (TPSA) is 57.5 Å². The average Bonchev–Trinajstić information content (AvgIpc) is 2.08. The number of aliphatic hydroxyl groups excluding tert-OH is 1. The zero-order valence-electron chi connectivity index (χ0n) is 6.37. The summed E-state index contributed by atoms with van der Waals surface area (Å²) >= 11 is 8.84. The van der Waals surface area contributed by atoms with E-state index in [0.717, 1.165) is 0 Å². The number of carbonyl (C=O) groups is 1. The van der Waals surface area contributed by atoms with Crippen molar-refractivity contribution in [3.8, 4) is 0 Å². The summed E-state index contributed by atoms with van der Waals surface area (Å²) in [6.45, 7) is 0. The third kappa shape index (κ3) is 2.43. The molecular weight excluding hydrogens is 259 g/mol. The van der Waals surface area contributed by atoms with E-state index in [4.69, 9.17) is 16.7 Å². The third-order valence-corrected chi connectivity index (χ3v) is 2.32. The van der Waals surface area contributed by atoms with Gasteiger partial charge in [0.25, 0.3) is 0 Å². The first-order valence-corrected chi connectivity index (χ1v) is 4.55. The molecule has 0 saturated heterocycles. The second-order valence-electron chi connectivity index (χ2n) is 2.41. The van der Waals surface area contributed by atoms with Crippen molar-refractivity contribution in [1.29, 1.82) is 0 Å². The van der Waals surface area contributed by atoms with Crippen LogP contribution in [0.15, 0.2) is 22.7 Å². The van der Waals surface area contributed by atoms with Gasteiger partial charge in [-0.25, -0.2) is 4.79 Å². The Labute approximate surface area is 88.1 Å². The van der Waals surface area contributed by atoms with E-state index in [1.54, 1.807) is 6.07 Å². The van der Waals surface area contributed by atoms with Gasteiger partial charge in [0.05, 0.1) is 0 Å². The monoisotopic (exact) mass is 264 g/mol. The average molecular weight is 265 g/mol. The normalized spacial score (nSPS) is 12.5. The highest BCUT2D eigenvalue weighted by molar-refractivity contribution is 9.10. The Bertz CT molecular complexity index is 340. The molecule has 0 radical (unpaired) electrons. The molecule has 0 saturated carbocycles. The van der Waals surface area contributed by atoms with E-state index in [-0.39, 0.29) is 10.6 Å². The highest BCUT2D eigenvalue weighted by Gasteiger charge is 2.18. The van der Waals surface area contributed by atoms with Crippen molar-refractivity contribution < 1.29 is 15.0 Å². The Morgan fingerprint density at radius 1 is 1.54 bits per heavy atom. The van der Waals surface area contributed by atoms with Crippen LogP contribution in [0.4, 0.5) is 0 Å². The van der Waals surface area contributed by atoms with Crippen molar-refractivity contribution in [3.05, 3.63) is 33.3 Å². The van der Waals surface area contributed by atoms with E-state index in [2.05, 4.69) is 15.9 Å². The molecule has 13 heavy (non-hydrogen) atoms. The van der Waals surface area contributed by atoms with E-state index in [1.165, 1.54) is 12.1 Å². The van der Waals surface area contributed by atoms with Crippen molar-refractivity contribution in [1.82, 2.24) is 0 Å². The molecule has 70 valence electrons. The summed E-state index contributed by atoms with van der Waals surface area (Å²) in [6.07, 6.45) is -1.58. The first-order valence-electron chi connectivity index (χ1n) is 3.38. The van der Waals surface area contributed by atoms with Crippen molar-refractivity contribution in [3.63, 3.8) is 0 Å². The molecule has 1 rings (SSSR count). The van der Waals surface area contributed by atoms with Gasteiger partial charge in [0.2, 0.25) is 0 Å². The maximum absolute atomic E-state index is 10.4. The second kappa shape index (κ2) is 4.09. The quantitative estimate of drug-likeness (QED) is 0.862. The molecule has 0 spiro atoms. The number of aliphatic hydroxyl groups is 1. The maximum atomic E-state index is 10.4. The minimum absolute atomic E-state index is 0.184. The van der Waals surface area contributed by atoms with Crippen LogP contribution in [-0.4, -0.2) is 16.2 Å². The number of carboxylic acid groups (broad SMARTS) is 1. The zero-order valence-corrected chi connectivity index (χ0v) is 8.71. The number of rotatable bonds is 2. The Balaban J connectivity index is 3.12. The lowest BCUT2D eigenvalue weighted by molar-refractivity contribution is -0.146. The lowest BCUT2D eigenvalue weighted by atomic mass is 10.1. The van der Waals surface area contributed by atoms with Gasteiger partial charge in [0.15, 0.2) is 6.10 Å². The molecule has 0 aliphatic rings. The van der Waals surface area contributed by atoms with E-state index in [0.29, 0.717) is 4.47 Å². The SMILES string of the molecule is O=C(O)[C@@H](O)c1cc(Br)ccc1Cl. The predicted molar refractivity (Wildman–Crippen MR) is 51.7 cm³/mol. The Morgan fingerprint density at radius 2 is 2.15 bits per heavy atom. The summed E-state index contributed by atoms with van der Waals surface area (Å²) in [6, 6.07) is 4.66. The highest BCUT2D eigenvalue weighted by atomic mass is 79.9. The zero-order chi connectivity index (χ0) is 10.0. The molecule has 0 amide bonds. The van der Waals surface area contributed by atoms with Gasteiger partial charge >= 0.3 is 5.97 Å². The van der Waals surface area contributed by atoms with Crippen molar-refractivity contribution in [2.75, 3.05) is 0 Å². The second-order valence-corrected chi connectivity index (χ2v) is 3.73. The smallest absolute Gasteiger partial charge is 0.337 e. The van der Waals surface area contributed by atoms with Crippen LogP contribution < -0.4 is 0 Å². The fourth-order valence-electron chi connectivity index (χ4n) is 0.857. The molecule has 5 heteroatoms. The van der Waals surface area contributed by atoms with Crippen LogP contribution >= 0.6 is 27.5 Å².